The number of nitrogens with one attached hydrogen (secondary N) is 2. The second-order valence-corrected chi connectivity index (χ2v) is 6.51. The van der Waals surface area contributed by atoms with E-state index in [1.54, 1.807) is 20.8 Å². The van der Waals surface area contributed by atoms with Gasteiger partial charge in [0, 0.05) is 6.04 Å². The molecule has 0 heterocycles. The SMILES string of the molecule is CCCCCCC(C)NC(=O)N[C@@H](C(=O)O)C(C)(C)C. The Morgan fingerprint density at radius 2 is 1.70 bits per heavy atom. The highest BCUT2D eigenvalue weighted by molar-refractivity contribution is 5.83. The van der Waals surface area contributed by atoms with Gasteiger partial charge in [-0.15, -0.1) is 0 Å². The topological polar surface area (TPSA) is 78.4 Å². The quantitative estimate of drug-likeness (QED) is 0.600. The lowest BCUT2D eigenvalue weighted by molar-refractivity contribution is -0.141. The van der Waals surface area contributed by atoms with Crippen LogP contribution in [0.4, 0.5) is 4.79 Å². The standard InChI is InChI=1S/C15H30N2O3/c1-6-7-8-9-10-11(2)16-14(20)17-12(13(18)19)15(3,4)5/h11-12H,6-10H2,1-5H3,(H,18,19)(H2,16,17,20)/t11?,12-/m0/s1. The van der Waals surface area contributed by atoms with Crippen molar-refractivity contribution in [3.05, 3.63) is 0 Å². The van der Waals surface area contributed by atoms with Gasteiger partial charge < -0.3 is 15.7 Å². The van der Waals surface area contributed by atoms with Crippen LogP contribution >= 0.6 is 0 Å². The molecular formula is C15H30N2O3. The molecule has 5 heteroatoms. The molecule has 118 valence electrons. The van der Waals surface area contributed by atoms with Crippen LogP contribution in [0.5, 0.6) is 0 Å². The summed E-state index contributed by atoms with van der Waals surface area (Å²) in [5, 5.41) is 14.5. The number of unbranched alkanes of at least 4 members (excludes halogenated alkanes) is 3. The first-order valence-electron chi connectivity index (χ1n) is 7.48. The number of rotatable bonds is 8. The van der Waals surface area contributed by atoms with E-state index < -0.39 is 23.5 Å². The molecule has 0 bridgehead atoms. The number of carbonyl (C=O) groups is 2. The van der Waals surface area contributed by atoms with Crippen LogP contribution in [0, 0.1) is 5.41 Å². The van der Waals surface area contributed by atoms with Crippen LogP contribution in [-0.2, 0) is 4.79 Å². The number of hydrogen-bond acceptors (Lipinski definition) is 2. The van der Waals surface area contributed by atoms with Crippen molar-refractivity contribution in [1.29, 1.82) is 0 Å². The Morgan fingerprint density at radius 1 is 1.10 bits per heavy atom. The van der Waals surface area contributed by atoms with Crippen LogP contribution in [0.15, 0.2) is 0 Å². The molecule has 0 spiro atoms. The molecule has 3 N–H and O–H groups in total. The van der Waals surface area contributed by atoms with E-state index in [2.05, 4.69) is 17.6 Å². The molecule has 2 amide bonds. The zero-order chi connectivity index (χ0) is 15.8. The largest absolute Gasteiger partial charge is 0.480 e. The summed E-state index contributed by atoms with van der Waals surface area (Å²) in [6.07, 6.45) is 5.57. The van der Waals surface area contributed by atoms with Gasteiger partial charge in [-0.25, -0.2) is 9.59 Å². The van der Waals surface area contributed by atoms with Gasteiger partial charge in [0.1, 0.15) is 6.04 Å². The van der Waals surface area contributed by atoms with E-state index in [0.717, 1.165) is 12.8 Å². The molecule has 20 heavy (non-hydrogen) atoms. The number of hydrogen-bond donors (Lipinski definition) is 3. The molecule has 0 aliphatic heterocycles. The Balaban J connectivity index is 4.16. The predicted octanol–water partition coefficient (Wildman–Crippen LogP) is 3.14. The lowest BCUT2D eigenvalue weighted by Gasteiger charge is -2.28. The molecule has 0 aromatic carbocycles. The van der Waals surface area contributed by atoms with Gasteiger partial charge in [-0.2, -0.15) is 0 Å². The highest BCUT2D eigenvalue weighted by atomic mass is 16.4. The van der Waals surface area contributed by atoms with Crippen LogP contribution in [0.1, 0.15) is 66.7 Å². The molecular weight excluding hydrogens is 256 g/mol. The summed E-state index contributed by atoms with van der Waals surface area (Å²) in [5.74, 6) is -1.01. The van der Waals surface area contributed by atoms with Gasteiger partial charge in [0.05, 0.1) is 0 Å². The first-order valence-corrected chi connectivity index (χ1v) is 7.48. The third-order valence-electron chi connectivity index (χ3n) is 3.26. The summed E-state index contributed by atoms with van der Waals surface area (Å²) in [7, 11) is 0. The molecule has 0 aliphatic rings. The summed E-state index contributed by atoms with van der Waals surface area (Å²) in [6, 6.07) is -1.24. The highest BCUT2D eigenvalue weighted by Gasteiger charge is 2.32. The van der Waals surface area contributed by atoms with Crippen LogP contribution in [-0.4, -0.2) is 29.2 Å². The zero-order valence-corrected chi connectivity index (χ0v) is 13.5. The average Bonchev–Trinajstić information content (AvgIpc) is 2.30. The highest BCUT2D eigenvalue weighted by Crippen LogP contribution is 2.19. The lowest BCUT2D eigenvalue weighted by atomic mass is 9.87. The molecule has 2 atom stereocenters. The first kappa shape index (κ1) is 18.7. The molecule has 0 saturated heterocycles. The van der Waals surface area contributed by atoms with Crippen molar-refractivity contribution >= 4 is 12.0 Å². The second kappa shape index (κ2) is 8.82. The van der Waals surface area contributed by atoms with E-state index in [4.69, 9.17) is 5.11 Å². The molecule has 0 aliphatic carbocycles. The summed E-state index contributed by atoms with van der Waals surface area (Å²) in [5.41, 5.74) is -0.520. The molecule has 0 fully saturated rings. The van der Waals surface area contributed by atoms with Gasteiger partial charge in [0.25, 0.3) is 0 Å². The van der Waals surface area contributed by atoms with Gasteiger partial charge in [0.2, 0.25) is 0 Å². The third kappa shape index (κ3) is 8.02. The number of amides is 2. The maximum atomic E-state index is 11.8. The van der Waals surface area contributed by atoms with Gasteiger partial charge in [-0.1, -0.05) is 53.4 Å². The van der Waals surface area contributed by atoms with E-state index in [1.165, 1.54) is 19.3 Å². The van der Waals surface area contributed by atoms with Gasteiger partial charge in [-0.05, 0) is 18.8 Å². The minimum Gasteiger partial charge on any atom is -0.480 e. The number of carboxylic acid groups (broad SMARTS) is 1. The Hall–Kier alpha value is -1.26. The van der Waals surface area contributed by atoms with Crippen LogP contribution in [0.25, 0.3) is 0 Å². The minimum absolute atomic E-state index is 0.0567. The zero-order valence-electron chi connectivity index (χ0n) is 13.5. The van der Waals surface area contributed by atoms with Gasteiger partial charge >= 0.3 is 12.0 Å². The van der Waals surface area contributed by atoms with E-state index >= 15 is 0 Å². The molecule has 5 nitrogen and oxygen atoms in total. The smallest absolute Gasteiger partial charge is 0.326 e. The lowest BCUT2D eigenvalue weighted by Crippen LogP contribution is -2.53. The summed E-state index contributed by atoms with van der Waals surface area (Å²) in [4.78, 5) is 23.0. The fourth-order valence-electron chi connectivity index (χ4n) is 1.99. The van der Waals surface area contributed by atoms with E-state index in [0.29, 0.717) is 0 Å². The summed E-state index contributed by atoms with van der Waals surface area (Å²) >= 11 is 0. The Labute approximate surface area is 122 Å². The van der Waals surface area contributed by atoms with Crippen molar-refractivity contribution in [2.24, 2.45) is 5.41 Å². The Morgan fingerprint density at radius 3 is 2.15 bits per heavy atom. The average molecular weight is 286 g/mol. The number of carbonyl (C=O) groups excluding carboxylic acids is 1. The van der Waals surface area contributed by atoms with Crippen LogP contribution in [0.2, 0.25) is 0 Å². The normalized spacial score (nSPS) is 14.4. The summed E-state index contributed by atoms with van der Waals surface area (Å²) < 4.78 is 0. The fourth-order valence-corrected chi connectivity index (χ4v) is 1.99. The van der Waals surface area contributed by atoms with Crippen molar-refractivity contribution < 1.29 is 14.7 Å². The van der Waals surface area contributed by atoms with Gasteiger partial charge in [-0.3, -0.25) is 0 Å². The Bertz CT molecular complexity index is 311. The van der Waals surface area contributed by atoms with Crippen molar-refractivity contribution in [2.75, 3.05) is 0 Å². The maximum absolute atomic E-state index is 11.8. The molecule has 0 radical (unpaired) electrons. The second-order valence-electron chi connectivity index (χ2n) is 6.51. The van der Waals surface area contributed by atoms with E-state index in [1.807, 2.05) is 6.92 Å². The third-order valence-corrected chi connectivity index (χ3v) is 3.26. The number of urea groups is 1. The number of aliphatic carboxylic acids is 1. The van der Waals surface area contributed by atoms with Gasteiger partial charge in [0.15, 0.2) is 0 Å². The molecule has 0 saturated carbocycles. The number of carboxylic acids is 1. The predicted molar refractivity (Wildman–Crippen MR) is 80.8 cm³/mol. The fraction of sp³-hybridized carbons (Fsp3) is 0.867. The summed E-state index contributed by atoms with van der Waals surface area (Å²) in [6.45, 7) is 9.48. The van der Waals surface area contributed by atoms with E-state index in [-0.39, 0.29) is 6.04 Å². The van der Waals surface area contributed by atoms with Crippen molar-refractivity contribution in [3.63, 3.8) is 0 Å². The van der Waals surface area contributed by atoms with Crippen LogP contribution in [0.3, 0.4) is 0 Å². The van der Waals surface area contributed by atoms with Crippen LogP contribution < -0.4 is 10.6 Å². The first-order chi connectivity index (χ1) is 9.18. The molecule has 0 aromatic rings. The monoisotopic (exact) mass is 286 g/mol. The van der Waals surface area contributed by atoms with Crippen molar-refractivity contribution in [1.82, 2.24) is 10.6 Å². The van der Waals surface area contributed by atoms with Crippen molar-refractivity contribution in [2.45, 2.75) is 78.8 Å². The molecule has 0 rings (SSSR count). The minimum atomic E-state index is -1.01. The van der Waals surface area contributed by atoms with E-state index in [9.17, 15) is 9.59 Å². The molecule has 0 aromatic heterocycles. The molecule has 1 unspecified atom stereocenters. The van der Waals surface area contributed by atoms with Crippen molar-refractivity contribution in [3.8, 4) is 0 Å². The maximum Gasteiger partial charge on any atom is 0.326 e. The Kier molecular flexibility index (Phi) is 8.26.